The van der Waals surface area contributed by atoms with Gasteiger partial charge in [0, 0.05) is 15.7 Å². The number of hydrogen-bond acceptors (Lipinski definition) is 3. The molecule has 2 aliphatic heterocycles. The Hall–Kier alpha value is -2.96. The van der Waals surface area contributed by atoms with Gasteiger partial charge in [0.05, 0.1) is 37.6 Å². The fraction of sp³-hybridized carbons (Fsp3) is 0.231. The first-order valence-electron chi connectivity index (χ1n) is 11.0. The summed E-state index contributed by atoms with van der Waals surface area (Å²) in [5, 5.41) is 0. The van der Waals surface area contributed by atoms with E-state index in [1.165, 1.54) is 10.6 Å². The number of aliphatic imine (C=N–C) groups is 1. The molecule has 0 radical (unpaired) electrons. The zero-order chi connectivity index (χ0) is 22.1. The number of hydrogen-bond donors (Lipinski definition) is 1. The molecule has 0 unspecified atom stereocenters. The third-order valence-electron chi connectivity index (χ3n) is 6.25. The van der Waals surface area contributed by atoms with E-state index in [1.54, 1.807) is 0 Å². The normalized spacial score (nSPS) is 17.8. The molecule has 2 aliphatic rings. The number of amides is 1. The number of nitrogens with one attached hydrogen (secondary N) is 1. The minimum Gasteiger partial charge on any atom is -0.360 e. The van der Waals surface area contributed by atoms with Gasteiger partial charge in [0.1, 0.15) is 5.71 Å². The van der Waals surface area contributed by atoms with Gasteiger partial charge >= 0.3 is 0 Å². The molecule has 5 rings (SSSR count). The Bertz CT molecular complexity index is 1170. The number of quaternary nitrogens is 1. The zero-order valence-electron chi connectivity index (χ0n) is 18.1. The number of benzene rings is 3. The van der Waals surface area contributed by atoms with Gasteiger partial charge in [0.2, 0.25) is 0 Å². The molecule has 0 spiro atoms. The van der Waals surface area contributed by atoms with Crippen molar-refractivity contribution in [2.24, 2.45) is 4.99 Å². The molecule has 0 aromatic heterocycles. The van der Waals surface area contributed by atoms with E-state index in [-0.39, 0.29) is 5.91 Å². The van der Waals surface area contributed by atoms with Crippen molar-refractivity contribution in [3.8, 4) is 0 Å². The summed E-state index contributed by atoms with van der Waals surface area (Å²) in [5.74, 6) is -0.00948. The minimum atomic E-state index is -0.00948. The summed E-state index contributed by atoms with van der Waals surface area (Å²) in [6.07, 6.45) is 0. The van der Waals surface area contributed by atoms with Gasteiger partial charge in [-0.25, -0.2) is 4.99 Å². The topological polar surface area (TPSA) is 40.4 Å². The van der Waals surface area contributed by atoms with Crippen molar-refractivity contribution in [1.29, 1.82) is 0 Å². The first-order chi connectivity index (χ1) is 15.6. The number of aryl methyl sites for hydroxylation is 1. The number of carbonyl (C=O) groups is 1. The van der Waals surface area contributed by atoms with E-state index in [0.717, 1.165) is 53.2 Å². The number of halogens is 1. The van der Waals surface area contributed by atoms with Crippen LogP contribution >= 0.6 is 15.9 Å². The van der Waals surface area contributed by atoms with Crippen molar-refractivity contribution in [3.63, 3.8) is 0 Å². The SMILES string of the molecule is Cc1cc(N=C2C(=O)N(C[NH+]3CCN(c4ccccc4)CC3)c3ccccc32)ccc1Br. The van der Waals surface area contributed by atoms with E-state index < -0.39 is 0 Å². The van der Waals surface area contributed by atoms with Crippen LogP contribution in [0.5, 0.6) is 0 Å². The Morgan fingerprint density at radius 3 is 2.44 bits per heavy atom. The number of piperazine rings is 1. The molecule has 162 valence electrons. The molecule has 1 fully saturated rings. The second-order valence-electron chi connectivity index (χ2n) is 8.37. The highest BCUT2D eigenvalue weighted by Crippen LogP contribution is 2.31. The highest BCUT2D eigenvalue weighted by atomic mass is 79.9. The van der Waals surface area contributed by atoms with Crippen LogP contribution in [0.2, 0.25) is 0 Å². The van der Waals surface area contributed by atoms with Crippen molar-refractivity contribution < 1.29 is 9.69 Å². The van der Waals surface area contributed by atoms with Gasteiger partial charge in [-0.05, 0) is 48.9 Å². The lowest BCUT2D eigenvalue weighted by molar-refractivity contribution is -0.899. The number of fused-ring (bicyclic) bond motifs is 1. The molecule has 3 aromatic carbocycles. The van der Waals surface area contributed by atoms with Crippen LogP contribution in [-0.4, -0.2) is 44.5 Å². The minimum absolute atomic E-state index is 0.00948. The van der Waals surface area contributed by atoms with Crippen LogP contribution in [0.3, 0.4) is 0 Å². The van der Waals surface area contributed by atoms with Crippen LogP contribution in [0, 0.1) is 6.92 Å². The van der Waals surface area contributed by atoms with Gasteiger partial charge in [0.25, 0.3) is 5.91 Å². The van der Waals surface area contributed by atoms with Crippen molar-refractivity contribution >= 4 is 44.6 Å². The Labute approximate surface area is 197 Å². The summed E-state index contributed by atoms with van der Waals surface area (Å²) in [4.78, 5) is 24.0. The van der Waals surface area contributed by atoms with Gasteiger partial charge in [-0.2, -0.15) is 0 Å². The van der Waals surface area contributed by atoms with Crippen LogP contribution < -0.4 is 14.7 Å². The van der Waals surface area contributed by atoms with Crippen LogP contribution in [-0.2, 0) is 4.79 Å². The molecule has 1 N–H and O–H groups in total. The van der Waals surface area contributed by atoms with Gasteiger partial charge < -0.3 is 9.80 Å². The summed E-state index contributed by atoms with van der Waals surface area (Å²) in [6, 6.07) is 24.5. The lowest BCUT2D eigenvalue weighted by Crippen LogP contribution is -3.16. The molecule has 0 bridgehead atoms. The second-order valence-corrected chi connectivity index (χ2v) is 9.23. The monoisotopic (exact) mass is 489 g/mol. The first-order valence-corrected chi connectivity index (χ1v) is 11.8. The molecule has 6 heteroatoms. The maximum Gasteiger partial charge on any atom is 0.281 e. The van der Waals surface area contributed by atoms with Crippen LogP contribution in [0.15, 0.2) is 82.3 Å². The number of para-hydroxylation sites is 2. The fourth-order valence-electron chi connectivity index (χ4n) is 4.46. The average molecular weight is 490 g/mol. The molecular formula is C26H26BrN4O+. The molecular weight excluding hydrogens is 464 g/mol. The lowest BCUT2D eigenvalue weighted by atomic mass is 10.1. The van der Waals surface area contributed by atoms with Crippen LogP contribution in [0.1, 0.15) is 11.1 Å². The maximum absolute atomic E-state index is 13.4. The maximum atomic E-state index is 13.4. The molecule has 32 heavy (non-hydrogen) atoms. The Morgan fingerprint density at radius 2 is 1.69 bits per heavy atom. The summed E-state index contributed by atoms with van der Waals surface area (Å²) < 4.78 is 1.04. The fourth-order valence-corrected chi connectivity index (χ4v) is 4.70. The molecule has 1 amide bonds. The highest BCUT2D eigenvalue weighted by Gasteiger charge is 2.36. The molecule has 2 heterocycles. The van der Waals surface area contributed by atoms with Gasteiger partial charge in [-0.15, -0.1) is 0 Å². The Morgan fingerprint density at radius 1 is 0.969 bits per heavy atom. The molecule has 1 saturated heterocycles. The van der Waals surface area contributed by atoms with E-state index in [1.807, 2.05) is 54.3 Å². The number of rotatable bonds is 4. The summed E-state index contributed by atoms with van der Waals surface area (Å²) in [5.41, 5.74) is 5.58. The Balaban J connectivity index is 1.35. The molecule has 5 nitrogen and oxygen atoms in total. The quantitative estimate of drug-likeness (QED) is 0.608. The molecule has 0 saturated carbocycles. The van der Waals surface area contributed by atoms with Crippen molar-refractivity contribution in [1.82, 2.24) is 0 Å². The summed E-state index contributed by atoms with van der Waals surface area (Å²) in [7, 11) is 0. The number of anilines is 2. The average Bonchev–Trinajstić information content (AvgIpc) is 3.08. The van der Waals surface area contributed by atoms with Gasteiger partial charge in [-0.1, -0.05) is 52.3 Å². The number of nitrogens with zero attached hydrogens (tertiary/aromatic N) is 3. The lowest BCUT2D eigenvalue weighted by Gasteiger charge is -2.35. The largest absolute Gasteiger partial charge is 0.360 e. The van der Waals surface area contributed by atoms with Crippen LogP contribution in [0.25, 0.3) is 0 Å². The van der Waals surface area contributed by atoms with E-state index in [2.05, 4.69) is 51.2 Å². The van der Waals surface area contributed by atoms with Crippen molar-refractivity contribution in [2.75, 3.05) is 42.6 Å². The standard InChI is InChI=1S/C26H25BrN4O/c1-19-17-20(11-12-23(19)27)28-25-22-9-5-6-10-24(22)31(26(25)32)18-29-13-15-30(16-14-29)21-7-3-2-4-8-21/h2-12,17H,13-16,18H2,1H3/p+1. The predicted molar refractivity (Wildman–Crippen MR) is 133 cm³/mol. The third kappa shape index (κ3) is 4.08. The predicted octanol–water partition coefficient (Wildman–Crippen LogP) is 3.59. The van der Waals surface area contributed by atoms with Crippen LogP contribution in [0.4, 0.5) is 17.1 Å². The zero-order valence-corrected chi connectivity index (χ0v) is 19.7. The Kier molecular flexibility index (Phi) is 5.81. The number of carbonyl (C=O) groups excluding carboxylic acids is 1. The summed E-state index contributed by atoms with van der Waals surface area (Å²) in [6.45, 7) is 6.67. The smallest absolute Gasteiger partial charge is 0.281 e. The third-order valence-corrected chi connectivity index (χ3v) is 7.14. The molecule has 0 atom stereocenters. The van der Waals surface area contributed by atoms with Crippen molar-refractivity contribution in [2.45, 2.75) is 6.92 Å². The van der Waals surface area contributed by atoms with E-state index in [4.69, 9.17) is 4.99 Å². The molecule has 3 aromatic rings. The molecule has 0 aliphatic carbocycles. The van der Waals surface area contributed by atoms with Gasteiger partial charge in [-0.3, -0.25) is 9.69 Å². The van der Waals surface area contributed by atoms with E-state index >= 15 is 0 Å². The summed E-state index contributed by atoms with van der Waals surface area (Å²) >= 11 is 3.53. The van der Waals surface area contributed by atoms with Crippen molar-refractivity contribution in [3.05, 3.63) is 88.4 Å². The first kappa shape index (κ1) is 20.9. The van der Waals surface area contributed by atoms with Gasteiger partial charge in [0.15, 0.2) is 6.67 Å². The second kappa shape index (κ2) is 8.88. The van der Waals surface area contributed by atoms with E-state index in [9.17, 15) is 4.79 Å². The highest BCUT2D eigenvalue weighted by molar-refractivity contribution is 9.10. The van der Waals surface area contributed by atoms with E-state index in [0.29, 0.717) is 12.4 Å².